The van der Waals surface area contributed by atoms with Crippen LogP contribution >= 0.6 is 0 Å². The standard InChI is InChI=1S/C12H20N4/c1-9(13-2)12-15-11(8-14-16-12)10-6-4-3-5-7-10/h8-10,13H,3-7H2,1-2H3. The van der Waals surface area contributed by atoms with Crippen LogP contribution in [0.5, 0.6) is 0 Å². The SMILES string of the molecule is CNC(C)c1nncc(C2CCCCC2)n1. The molecule has 0 bridgehead atoms. The van der Waals surface area contributed by atoms with Crippen molar-refractivity contribution >= 4 is 0 Å². The van der Waals surface area contributed by atoms with Crippen LogP contribution in [0.4, 0.5) is 0 Å². The van der Waals surface area contributed by atoms with Crippen molar-refractivity contribution in [2.45, 2.75) is 51.0 Å². The molecule has 0 saturated heterocycles. The lowest BCUT2D eigenvalue weighted by molar-refractivity contribution is 0.431. The lowest BCUT2D eigenvalue weighted by Gasteiger charge is -2.21. The Kier molecular flexibility index (Phi) is 3.83. The Morgan fingerprint density at radius 2 is 2.06 bits per heavy atom. The summed E-state index contributed by atoms with van der Waals surface area (Å²) < 4.78 is 0. The van der Waals surface area contributed by atoms with Crippen LogP contribution in [0.25, 0.3) is 0 Å². The molecule has 1 saturated carbocycles. The van der Waals surface area contributed by atoms with Crippen LogP contribution in [0.2, 0.25) is 0 Å². The number of hydrogen-bond donors (Lipinski definition) is 1. The quantitative estimate of drug-likeness (QED) is 0.848. The van der Waals surface area contributed by atoms with Gasteiger partial charge in [-0.05, 0) is 26.8 Å². The van der Waals surface area contributed by atoms with Crippen molar-refractivity contribution in [1.82, 2.24) is 20.5 Å². The molecule has 0 aromatic carbocycles. The number of aromatic nitrogens is 3. The van der Waals surface area contributed by atoms with E-state index < -0.39 is 0 Å². The molecule has 4 nitrogen and oxygen atoms in total. The van der Waals surface area contributed by atoms with Crippen molar-refractivity contribution in [3.8, 4) is 0 Å². The average molecular weight is 220 g/mol. The molecule has 4 heteroatoms. The van der Waals surface area contributed by atoms with Gasteiger partial charge in [0.25, 0.3) is 0 Å². The van der Waals surface area contributed by atoms with Gasteiger partial charge in [-0.15, -0.1) is 5.10 Å². The zero-order chi connectivity index (χ0) is 11.4. The van der Waals surface area contributed by atoms with Gasteiger partial charge < -0.3 is 5.32 Å². The highest BCUT2D eigenvalue weighted by molar-refractivity contribution is 5.06. The third kappa shape index (κ3) is 2.55. The van der Waals surface area contributed by atoms with Gasteiger partial charge in [0.1, 0.15) is 0 Å². The predicted octanol–water partition coefficient (Wildman–Crippen LogP) is 2.20. The first kappa shape index (κ1) is 11.5. The summed E-state index contributed by atoms with van der Waals surface area (Å²) in [6.45, 7) is 2.06. The van der Waals surface area contributed by atoms with E-state index in [0.29, 0.717) is 5.92 Å². The first-order valence-electron chi connectivity index (χ1n) is 6.18. The summed E-state index contributed by atoms with van der Waals surface area (Å²) in [5, 5.41) is 11.3. The summed E-state index contributed by atoms with van der Waals surface area (Å²) in [4.78, 5) is 4.63. The maximum atomic E-state index is 4.63. The Morgan fingerprint density at radius 1 is 1.31 bits per heavy atom. The summed E-state index contributed by atoms with van der Waals surface area (Å²) in [6, 6.07) is 0.177. The van der Waals surface area contributed by atoms with Gasteiger partial charge >= 0.3 is 0 Å². The molecule has 88 valence electrons. The van der Waals surface area contributed by atoms with Gasteiger partial charge in [-0.25, -0.2) is 4.98 Å². The van der Waals surface area contributed by atoms with E-state index in [1.807, 2.05) is 13.2 Å². The zero-order valence-electron chi connectivity index (χ0n) is 10.1. The van der Waals surface area contributed by atoms with Gasteiger partial charge in [0.05, 0.1) is 17.9 Å². The minimum Gasteiger partial charge on any atom is -0.311 e. The highest BCUT2D eigenvalue weighted by Gasteiger charge is 2.18. The van der Waals surface area contributed by atoms with Gasteiger partial charge in [0, 0.05) is 5.92 Å². The summed E-state index contributed by atoms with van der Waals surface area (Å²) in [5.41, 5.74) is 1.13. The smallest absolute Gasteiger partial charge is 0.167 e. The van der Waals surface area contributed by atoms with Crippen molar-refractivity contribution in [2.24, 2.45) is 0 Å². The number of nitrogens with zero attached hydrogens (tertiary/aromatic N) is 3. The molecule has 0 radical (unpaired) electrons. The van der Waals surface area contributed by atoms with E-state index in [0.717, 1.165) is 11.5 Å². The van der Waals surface area contributed by atoms with E-state index in [1.54, 1.807) is 0 Å². The van der Waals surface area contributed by atoms with Crippen LogP contribution in [-0.4, -0.2) is 22.2 Å². The molecule has 1 aliphatic rings. The fourth-order valence-corrected chi connectivity index (χ4v) is 2.24. The molecule has 16 heavy (non-hydrogen) atoms. The molecule has 1 fully saturated rings. The minimum absolute atomic E-state index is 0.177. The molecular weight excluding hydrogens is 200 g/mol. The van der Waals surface area contributed by atoms with Crippen LogP contribution in [0, 0.1) is 0 Å². The monoisotopic (exact) mass is 220 g/mol. The second-order valence-electron chi connectivity index (χ2n) is 4.58. The van der Waals surface area contributed by atoms with Crippen molar-refractivity contribution in [1.29, 1.82) is 0 Å². The summed E-state index contributed by atoms with van der Waals surface area (Å²) in [7, 11) is 1.92. The predicted molar refractivity (Wildman–Crippen MR) is 63.1 cm³/mol. The Hall–Kier alpha value is -1.03. The van der Waals surface area contributed by atoms with Crippen molar-refractivity contribution in [2.75, 3.05) is 7.05 Å². The highest BCUT2D eigenvalue weighted by atomic mass is 15.2. The summed E-state index contributed by atoms with van der Waals surface area (Å²) in [5.74, 6) is 1.41. The van der Waals surface area contributed by atoms with E-state index in [1.165, 1.54) is 32.1 Å². The Balaban J connectivity index is 2.14. The van der Waals surface area contributed by atoms with Crippen molar-refractivity contribution in [3.63, 3.8) is 0 Å². The van der Waals surface area contributed by atoms with Crippen LogP contribution in [-0.2, 0) is 0 Å². The molecule has 1 aromatic heterocycles. The van der Waals surface area contributed by atoms with Crippen LogP contribution in [0.15, 0.2) is 6.20 Å². The first-order valence-corrected chi connectivity index (χ1v) is 6.18. The van der Waals surface area contributed by atoms with Crippen LogP contribution in [0.1, 0.15) is 62.5 Å². The third-order valence-electron chi connectivity index (χ3n) is 3.44. The molecule has 1 N–H and O–H groups in total. The number of rotatable bonds is 3. The fraction of sp³-hybridized carbons (Fsp3) is 0.750. The fourth-order valence-electron chi connectivity index (χ4n) is 2.24. The van der Waals surface area contributed by atoms with Gasteiger partial charge in [0.15, 0.2) is 5.82 Å². The maximum Gasteiger partial charge on any atom is 0.167 e. The third-order valence-corrected chi connectivity index (χ3v) is 3.44. The molecule has 1 heterocycles. The number of nitrogens with one attached hydrogen (secondary N) is 1. The normalized spacial score (nSPS) is 19.6. The molecule has 1 aromatic rings. The lowest BCUT2D eigenvalue weighted by Crippen LogP contribution is -2.18. The van der Waals surface area contributed by atoms with E-state index in [9.17, 15) is 0 Å². The van der Waals surface area contributed by atoms with E-state index in [2.05, 4.69) is 27.4 Å². The maximum absolute atomic E-state index is 4.63. The second kappa shape index (κ2) is 5.34. The number of hydrogen-bond acceptors (Lipinski definition) is 4. The summed E-state index contributed by atoms with van der Waals surface area (Å²) >= 11 is 0. The summed E-state index contributed by atoms with van der Waals surface area (Å²) in [6.07, 6.45) is 8.37. The largest absolute Gasteiger partial charge is 0.311 e. The van der Waals surface area contributed by atoms with E-state index >= 15 is 0 Å². The molecule has 0 spiro atoms. The minimum atomic E-state index is 0.177. The molecule has 1 unspecified atom stereocenters. The first-order chi connectivity index (χ1) is 7.81. The van der Waals surface area contributed by atoms with Crippen molar-refractivity contribution < 1.29 is 0 Å². The average Bonchev–Trinajstić information content (AvgIpc) is 2.39. The Labute approximate surface area is 96.9 Å². The van der Waals surface area contributed by atoms with Gasteiger partial charge in [-0.2, -0.15) is 5.10 Å². The van der Waals surface area contributed by atoms with Gasteiger partial charge in [-0.1, -0.05) is 19.3 Å². The Morgan fingerprint density at radius 3 is 2.75 bits per heavy atom. The molecule has 1 aliphatic carbocycles. The highest BCUT2D eigenvalue weighted by Crippen LogP contribution is 2.31. The van der Waals surface area contributed by atoms with Gasteiger partial charge in [0.2, 0.25) is 0 Å². The molecule has 2 rings (SSSR count). The van der Waals surface area contributed by atoms with Crippen LogP contribution < -0.4 is 5.32 Å². The van der Waals surface area contributed by atoms with Crippen LogP contribution in [0.3, 0.4) is 0 Å². The lowest BCUT2D eigenvalue weighted by atomic mass is 9.87. The molecule has 0 amide bonds. The Bertz CT molecular complexity index is 334. The van der Waals surface area contributed by atoms with E-state index in [4.69, 9.17) is 0 Å². The van der Waals surface area contributed by atoms with E-state index in [-0.39, 0.29) is 6.04 Å². The topological polar surface area (TPSA) is 50.7 Å². The molecule has 1 atom stereocenters. The second-order valence-corrected chi connectivity index (χ2v) is 4.58. The molecular formula is C12H20N4. The van der Waals surface area contributed by atoms with Crippen molar-refractivity contribution in [3.05, 3.63) is 17.7 Å². The van der Waals surface area contributed by atoms with Gasteiger partial charge in [-0.3, -0.25) is 0 Å². The zero-order valence-corrected chi connectivity index (χ0v) is 10.1. The molecule has 0 aliphatic heterocycles.